The van der Waals surface area contributed by atoms with Crippen molar-refractivity contribution in [3.05, 3.63) is 77.4 Å². The average molecular weight is 288 g/mol. The Kier molecular flexibility index (Phi) is 2.63. The van der Waals surface area contributed by atoms with Crippen LogP contribution in [0.5, 0.6) is 5.75 Å². The van der Waals surface area contributed by atoms with E-state index in [2.05, 4.69) is 0 Å². The number of carbonyl (C=O) groups excluding carboxylic acids is 2. The molecule has 0 bridgehead atoms. The molecule has 3 aromatic carbocycles. The monoisotopic (exact) mass is 288 g/mol. The predicted molar refractivity (Wildman–Crippen MR) is 83.5 cm³/mol. The molecule has 1 atom stereocenters. The van der Waals surface area contributed by atoms with E-state index in [1.165, 1.54) is 6.07 Å². The van der Waals surface area contributed by atoms with Gasteiger partial charge in [-0.25, -0.2) is 0 Å². The first-order chi connectivity index (χ1) is 10.7. The molecule has 0 radical (unpaired) electrons. The van der Waals surface area contributed by atoms with Gasteiger partial charge in [0.2, 0.25) is 0 Å². The van der Waals surface area contributed by atoms with Gasteiger partial charge in [0.25, 0.3) is 0 Å². The molecule has 1 unspecified atom stereocenters. The quantitative estimate of drug-likeness (QED) is 0.694. The third-order valence-corrected chi connectivity index (χ3v) is 4.19. The second kappa shape index (κ2) is 4.53. The number of hydrogen-bond acceptors (Lipinski definition) is 3. The number of phenols is 1. The number of benzene rings is 3. The summed E-state index contributed by atoms with van der Waals surface area (Å²) in [7, 11) is 0. The Morgan fingerprint density at radius 2 is 1.55 bits per heavy atom. The predicted octanol–water partition coefficient (Wildman–Crippen LogP) is 3.71. The van der Waals surface area contributed by atoms with E-state index in [-0.39, 0.29) is 22.9 Å². The summed E-state index contributed by atoms with van der Waals surface area (Å²) in [6.45, 7) is 0. The average Bonchev–Trinajstić information content (AvgIpc) is 2.79. The number of rotatable bonds is 1. The zero-order chi connectivity index (χ0) is 15.3. The molecule has 0 heterocycles. The van der Waals surface area contributed by atoms with Crippen molar-refractivity contribution in [1.29, 1.82) is 0 Å². The van der Waals surface area contributed by atoms with Gasteiger partial charge in [0.05, 0.1) is 5.56 Å². The van der Waals surface area contributed by atoms with Crippen LogP contribution in [0.4, 0.5) is 0 Å². The molecule has 0 aliphatic heterocycles. The summed E-state index contributed by atoms with van der Waals surface area (Å²) in [5, 5.41) is 11.9. The van der Waals surface area contributed by atoms with E-state index < -0.39 is 5.92 Å². The zero-order valence-electron chi connectivity index (χ0n) is 11.6. The summed E-state index contributed by atoms with van der Waals surface area (Å²) in [6, 6.07) is 18.0. The van der Waals surface area contributed by atoms with Crippen LogP contribution in [0.25, 0.3) is 10.8 Å². The second-order valence-corrected chi connectivity index (χ2v) is 5.47. The Morgan fingerprint density at radius 1 is 0.773 bits per heavy atom. The van der Waals surface area contributed by atoms with Crippen LogP contribution in [0.3, 0.4) is 0 Å². The first kappa shape index (κ1) is 12.8. The van der Waals surface area contributed by atoms with Crippen molar-refractivity contribution in [3.63, 3.8) is 0 Å². The molecule has 0 fully saturated rings. The summed E-state index contributed by atoms with van der Waals surface area (Å²) < 4.78 is 0. The number of Topliss-reactive ketones (excluding diaryl/α,β-unsaturated/α-hetero) is 2. The fourth-order valence-electron chi connectivity index (χ4n) is 3.11. The molecule has 0 saturated carbocycles. The summed E-state index contributed by atoms with van der Waals surface area (Å²) >= 11 is 0. The van der Waals surface area contributed by atoms with Crippen LogP contribution in [-0.2, 0) is 0 Å². The molecular formula is C19H12O3. The first-order valence-electron chi connectivity index (χ1n) is 7.06. The highest BCUT2D eigenvalue weighted by Gasteiger charge is 2.41. The third kappa shape index (κ3) is 1.69. The third-order valence-electron chi connectivity index (χ3n) is 4.19. The number of phenolic OH excluding ortho intramolecular Hbond substituents is 1. The molecule has 22 heavy (non-hydrogen) atoms. The normalized spacial score (nSPS) is 17.0. The standard InChI is InChI=1S/C19H12O3/c20-15-7-3-6-14-17(15)19(22)16(18(14)21)13-9-8-11-4-1-2-5-12(11)10-13/h1-10,16,20H. The van der Waals surface area contributed by atoms with Gasteiger partial charge < -0.3 is 5.11 Å². The molecule has 1 aliphatic carbocycles. The largest absolute Gasteiger partial charge is 0.507 e. The molecule has 0 saturated heterocycles. The fourth-order valence-corrected chi connectivity index (χ4v) is 3.11. The maximum Gasteiger partial charge on any atom is 0.182 e. The molecule has 3 nitrogen and oxygen atoms in total. The van der Waals surface area contributed by atoms with E-state index in [9.17, 15) is 14.7 Å². The lowest BCUT2D eigenvalue weighted by molar-refractivity contribution is 0.0889. The molecule has 0 aromatic heterocycles. The highest BCUT2D eigenvalue weighted by molar-refractivity contribution is 6.30. The first-order valence-corrected chi connectivity index (χ1v) is 7.06. The minimum absolute atomic E-state index is 0.126. The molecule has 4 rings (SSSR count). The Morgan fingerprint density at radius 3 is 2.32 bits per heavy atom. The molecule has 106 valence electrons. The second-order valence-electron chi connectivity index (χ2n) is 5.47. The van der Waals surface area contributed by atoms with Crippen molar-refractivity contribution in [3.8, 4) is 5.75 Å². The lowest BCUT2D eigenvalue weighted by Crippen LogP contribution is -2.12. The zero-order valence-corrected chi connectivity index (χ0v) is 11.6. The van der Waals surface area contributed by atoms with Gasteiger partial charge in [0.15, 0.2) is 11.6 Å². The van der Waals surface area contributed by atoms with E-state index >= 15 is 0 Å². The minimum Gasteiger partial charge on any atom is -0.507 e. The molecule has 0 spiro atoms. The fraction of sp³-hybridized carbons (Fsp3) is 0.0526. The smallest absolute Gasteiger partial charge is 0.182 e. The number of hydrogen-bond donors (Lipinski definition) is 1. The van der Waals surface area contributed by atoms with Crippen LogP contribution in [0.2, 0.25) is 0 Å². The van der Waals surface area contributed by atoms with Gasteiger partial charge in [-0.2, -0.15) is 0 Å². The SMILES string of the molecule is O=C1c2cccc(O)c2C(=O)C1c1ccc2ccccc2c1. The highest BCUT2D eigenvalue weighted by atomic mass is 16.3. The number of aromatic hydroxyl groups is 1. The van der Waals surface area contributed by atoms with Crippen molar-refractivity contribution in [2.75, 3.05) is 0 Å². The summed E-state index contributed by atoms with van der Waals surface area (Å²) in [5.74, 6) is -1.55. The Labute approximate surface area is 126 Å². The van der Waals surface area contributed by atoms with E-state index in [4.69, 9.17) is 0 Å². The maximum absolute atomic E-state index is 12.6. The van der Waals surface area contributed by atoms with E-state index in [1.54, 1.807) is 12.1 Å². The van der Waals surface area contributed by atoms with E-state index in [0.29, 0.717) is 11.1 Å². The van der Waals surface area contributed by atoms with Crippen LogP contribution in [0.15, 0.2) is 60.7 Å². The molecule has 3 aromatic rings. The Hall–Kier alpha value is -2.94. The minimum atomic E-state index is -0.854. The molecule has 3 heteroatoms. The highest BCUT2D eigenvalue weighted by Crippen LogP contribution is 2.38. The Bertz CT molecular complexity index is 940. The molecular weight excluding hydrogens is 276 g/mol. The molecule has 1 N–H and O–H groups in total. The van der Waals surface area contributed by atoms with Gasteiger partial charge in [-0.15, -0.1) is 0 Å². The van der Waals surface area contributed by atoms with Gasteiger partial charge in [-0.3, -0.25) is 9.59 Å². The number of carbonyl (C=O) groups is 2. The van der Waals surface area contributed by atoms with Gasteiger partial charge in [-0.1, -0.05) is 48.5 Å². The van der Waals surface area contributed by atoms with Crippen molar-refractivity contribution in [2.24, 2.45) is 0 Å². The number of ketones is 2. The van der Waals surface area contributed by atoms with Gasteiger partial charge in [0, 0.05) is 5.56 Å². The van der Waals surface area contributed by atoms with Crippen molar-refractivity contribution < 1.29 is 14.7 Å². The Balaban J connectivity index is 1.88. The lowest BCUT2D eigenvalue weighted by atomic mass is 9.92. The number of fused-ring (bicyclic) bond motifs is 2. The summed E-state index contributed by atoms with van der Waals surface area (Å²) in [4.78, 5) is 25.1. The van der Waals surface area contributed by atoms with Crippen molar-refractivity contribution >= 4 is 22.3 Å². The van der Waals surface area contributed by atoms with Crippen LogP contribution >= 0.6 is 0 Å². The summed E-state index contributed by atoms with van der Waals surface area (Å²) in [5.41, 5.74) is 1.12. The van der Waals surface area contributed by atoms with Crippen molar-refractivity contribution in [2.45, 2.75) is 5.92 Å². The molecule has 1 aliphatic rings. The van der Waals surface area contributed by atoms with Crippen LogP contribution in [0.1, 0.15) is 32.2 Å². The van der Waals surface area contributed by atoms with Gasteiger partial charge in [0.1, 0.15) is 11.7 Å². The maximum atomic E-state index is 12.6. The van der Waals surface area contributed by atoms with Gasteiger partial charge in [-0.05, 0) is 28.5 Å². The van der Waals surface area contributed by atoms with Crippen LogP contribution in [-0.4, -0.2) is 16.7 Å². The molecule has 0 amide bonds. The van der Waals surface area contributed by atoms with Crippen LogP contribution in [0, 0.1) is 0 Å². The van der Waals surface area contributed by atoms with Gasteiger partial charge >= 0.3 is 0 Å². The summed E-state index contributed by atoms with van der Waals surface area (Å²) in [6.07, 6.45) is 0. The topological polar surface area (TPSA) is 54.4 Å². The lowest BCUT2D eigenvalue weighted by Gasteiger charge is -2.08. The van der Waals surface area contributed by atoms with E-state index in [0.717, 1.165) is 10.8 Å². The van der Waals surface area contributed by atoms with E-state index in [1.807, 2.05) is 42.5 Å². The van der Waals surface area contributed by atoms with Crippen LogP contribution < -0.4 is 0 Å². The van der Waals surface area contributed by atoms with Crippen molar-refractivity contribution in [1.82, 2.24) is 0 Å².